The van der Waals surface area contributed by atoms with Gasteiger partial charge in [-0.15, -0.1) is 11.3 Å². The van der Waals surface area contributed by atoms with Gasteiger partial charge < -0.3 is 10.6 Å². The summed E-state index contributed by atoms with van der Waals surface area (Å²) in [7, 11) is 0. The summed E-state index contributed by atoms with van der Waals surface area (Å²) in [4.78, 5) is 29.5. The Kier molecular flexibility index (Phi) is 5.50. The van der Waals surface area contributed by atoms with Crippen LogP contribution in [-0.4, -0.2) is 16.8 Å². The van der Waals surface area contributed by atoms with E-state index >= 15 is 0 Å². The van der Waals surface area contributed by atoms with E-state index < -0.39 is 11.8 Å². The van der Waals surface area contributed by atoms with Crippen molar-refractivity contribution in [1.82, 2.24) is 10.3 Å². The molecule has 0 spiro atoms. The van der Waals surface area contributed by atoms with E-state index in [0.717, 1.165) is 21.0 Å². The second kappa shape index (κ2) is 7.37. The molecular weight excluding hydrogens is 310 g/mol. The lowest BCUT2D eigenvalue weighted by Crippen LogP contribution is -2.37. The lowest BCUT2D eigenvalue weighted by Gasteiger charge is -2.14. The van der Waals surface area contributed by atoms with E-state index in [1.54, 1.807) is 12.3 Å². The Morgan fingerprint density at radius 1 is 1.17 bits per heavy atom. The molecule has 122 valence electrons. The number of nitrogens with zero attached hydrogens (tertiary/aromatic N) is 1. The van der Waals surface area contributed by atoms with Gasteiger partial charge in [0.2, 0.25) is 0 Å². The number of anilines is 1. The fraction of sp³-hybridized carbons (Fsp3) is 0.353. The zero-order valence-electron chi connectivity index (χ0n) is 13.8. The molecule has 0 unspecified atom stereocenters. The van der Waals surface area contributed by atoms with Crippen LogP contribution < -0.4 is 10.6 Å². The minimum absolute atomic E-state index is 0.244. The molecule has 1 aromatic heterocycles. The predicted molar refractivity (Wildman–Crippen MR) is 92.6 cm³/mol. The number of amides is 2. The largest absolute Gasteiger partial charge is 0.339 e. The van der Waals surface area contributed by atoms with Crippen LogP contribution in [0.5, 0.6) is 0 Å². The summed E-state index contributed by atoms with van der Waals surface area (Å²) in [6, 6.07) is 5.30. The van der Waals surface area contributed by atoms with E-state index in [9.17, 15) is 9.59 Å². The van der Waals surface area contributed by atoms with E-state index in [1.807, 2.05) is 39.8 Å². The maximum atomic E-state index is 12.1. The first-order valence-electron chi connectivity index (χ1n) is 7.52. The summed E-state index contributed by atoms with van der Waals surface area (Å²) in [6.07, 6.45) is 2.44. The highest BCUT2D eigenvalue weighted by Crippen LogP contribution is 2.22. The van der Waals surface area contributed by atoms with Crippen LogP contribution in [0.4, 0.5) is 5.69 Å². The van der Waals surface area contributed by atoms with Gasteiger partial charge in [0.1, 0.15) is 5.01 Å². The molecule has 23 heavy (non-hydrogen) atoms. The number of benzene rings is 1. The van der Waals surface area contributed by atoms with Gasteiger partial charge in [0, 0.05) is 16.8 Å². The summed E-state index contributed by atoms with van der Waals surface area (Å²) < 4.78 is 0. The van der Waals surface area contributed by atoms with Crippen molar-refractivity contribution in [2.75, 3.05) is 5.32 Å². The molecule has 0 saturated carbocycles. The highest BCUT2D eigenvalue weighted by atomic mass is 32.1. The lowest BCUT2D eigenvalue weighted by molar-refractivity contribution is -0.136. The topological polar surface area (TPSA) is 71.1 Å². The van der Waals surface area contributed by atoms with Crippen molar-refractivity contribution in [3.8, 4) is 0 Å². The molecule has 0 fully saturated rings. The van der Waals surface area contributed by atoms with Crippen LogP contribution in [-0.2, 0) is 9.59 Å². The zero-order valence-corrected chi connectivity index (χ0v) is 14.6. The van der Waals surface area contributed by atoms with Gasteiger partial charge in [-0.25, -0.2) is 4.98 Å². The summed E-state index contributed by atoms with van der Waals surface area (Å²) in [5.74, 6) is -1.32. The molecule has 2 amide bonds. The van der Waals surface area contributed by atoms with Crippen LogP contribution in [0.2, 0.25) is 0 Å². The van der Waals surface area contributed by atoms with Gasteiger partial charge in [0.05, 0.1) is 6.04 Å². The summed E-state index contributed by atoms with van der Waals surface area (Å²) >= 11 is 1.52. The van der Waals surface area contributed by atoms with Gasteiger partial charge >= 0.3 is 11.8 Å². The number of aromatic nitrogens is 1. The van der Waals surface area contributed by atoms with Crippen molar-refractivity contribution < 1.29 is 9.59 Å². The Labute approximate surface area is 140 Å². The molecule has 0 aliphatic carbocycles. The van der Waals surface area contributed by atoms with Gasteiger partial charge in [-0.2, -0.15) is 0 Å². The molecule has 0 bridgehead atoms. The van der Waals surface area contributed by atoms with Gasteiger partial charge in [0.15, 0.2) is 0 Å². The molecule has 0 aliphatic heterocycles. The third-order valence-corrected chi connectivity index (χ3v) is 4.65. The Morgan fingerprint density at radius 3 is 2.48 bits per heavy atom. The molecule has 2 aromatic rings. The fourth-order valence-electron chi connectivity index (χ4n) is 2.10. The quantitative estimate of drug-likeness (QED) is 0.845. The van der Waals surface area contributed by atoms with E-state index in [-0.39, 0.29) is 6.04 Å². The molecule has 2 rings (SSSR count). The van der Waals surface area contributed by atoms with Crippen LogP contribution in [0.3, 0.4) is 0 Å². The second-order valence-corrected chi connectivity index (χ2v) is 6.76. The van der Waals surface area contributed by atoms with Crippen molar-refractivity contribution in [1.29, 1.82) is 0 Å². The van der Waals surface area contributed by atoms with Crippen molar-refractivity contribution in [2.24, 2.45) is 0 Å². The normalized spacial score (nSPS) is 11.8. The monoisotopic (exact) mass is 331 g/mol. The van der Waals surface area contributed by atoms with E-state index in [1.165, 1.54) is 11.3 Å². The minimum Gasteiger partial charge on any atom is -0.339 e. The smallest absolute Gasteiger partial charge is 0.313 e. The highest BCUT2D eigenvalue weighted by Gasteiger charge is 2.21. The molecular formula is C17H21N3O2S. The first-order chi connectivity index (χ1) is 10.9. The minimum atomic E-state index is -0.667. The summed E-state index contributed by atoms with van der Waals surface area (Å²) in [5, 5.41) is 6.18. The van der Waals surface area contributed by atoms with Gasteiger partial charge in [-0.3, -0.25) is 9.59 Å². The zero-order chi connectivity index (χ0) is 17.0. The molecule has 1 aromatic carbocycles. The van der Waals surface area contributed by atoms with Crippen LogP contribution in [0.25, 0.3) is 0 Å². The predicted octanol–water partition coefficient (Wildman–Crippen LogP) is 3.27. The number of carbonyl (C=O) groups is 2. The van der Waals surface area contributed by atoms with E-state index in [4.69, 9.17) is 0 Å². The first kappa shape index (κ1) is 17.1. The van der Waals surface area contributed by atoms with Crippen LogP contribution in [0.1, 0.15) is 40.4 Å². The van der Waals surface area contributed by atoms with Crippen molar-refractivity contribution in [3.63, 3.8) is 0 Å². The number of thiazole rings is 1. The van der Waals surface area contributed by atoms with Crippen LogP contribution >= 0.6 is 11.3 Å². The third-order valence-electron chi connectivity index (χ3n) is 3.62. The van der Waals surface area contributed by atoms with Gasteiger partial charge in [0.25, 0.3) is 0 Å². The third kappa shape index (κ3) is 4.39. The summed E-state index contributed by atoms with van der Waals surface area (Å²) in [6.45, 7) is 7.86. The average Bonchev–Trinajstić information content (AvgIpc) is 2.94. The van der Waals surface area contributed by atoms with Crippen molar-refractivity contribution >= 4 is 28.8 Å². The van der Waals surface area contributed by atoms with E-state index in [2.05, 4.69) is 15.6 Å². The van der Waals surface area contributed by atoms with Gasteiger partial charge in [-0.1, -0.05) is 13.0 Å². The second-order valence-electron chi connectivity index (χ2n) is 5.50. The number of rotatable bonds is 4. The number of hydrogen-bond acceptors (Lipinski definition) is 4. The molecule has 0 radical (unpaired) electrons. The first-order valence-corrected chi connectivity index (χ1v) is 8.33. The maximum Gasteiger partial charge on any atom is 0.313 e. The standard InChI is InChI=1S/C17H21N3O2S/c1-5-14(17-18-9-12(4)23-17)20-16(22)15(21)19-13-7-6-10(2)11(3)8-13/h6-9,14H,5H2,1-4H3,(H,19,21)(H,20,22)/t14-/m1/s1. The molecule has 1 heterocycles. The molecule has 0 aliphatic rings. The Balaban J connectivity index is 2.01. The highest BCUT2D eigenvalue weighted by molar-refractivity contribution is 7.11. The number of aryl methyl sites for hydroxylation is 3. The lowest BCUT2D eigenvalue weighted by atomic mass is 10.1. The van der Waals surface area contributed by atoms with Crippen LogP contribution in [0, 0.1) is 20.8 Å². The molecule has 0 saturated heterocycles. The van der Waals surface area contributed by atoms with Gasteiger partial charge in [-0.05, 0) is 50.5 Å². The molecule has 5 nitrogen and oxygen atoms in total. The number of carbonyl (C=O) groups excluding carboxylic acids is 2. The van der Waals surface area contributed by atoms with Crippen molar-refractivity contribution in [3.05, 3.63) is 45.4 Å². The fourth-order valence-corrected chi connectivity index (χ4v) is 3.01. The van der Waals surface area contributed by atoms with E-state index in [0.29, 0.717) is 12.1 Å². The van der Waals surface area contributed by atoms with Crippen molar-refractivity contribution in [2.45, 2.75) is 40.2 Å². The Bertz CT molecular complexity index is 724. The molecule has 2 N–H and O–H groups in total. The Morgan fingerprint density at radius 2 is 1.91 bits per heavy atom. The number of nitrogens with one attached hydrogen (secondary N) is 2. The average molecular weight is 331 g/mol. The number of hydrogen-bond donors (Lipinski definition) is 2. The Hall–Kier alpha value is -2.21. The molecule has 6 heteroatoms. The van der Waals surface area contributed by atoms with Crippen LogP contribution in [0.15, 0.2) is 24.4 Å². The maximum absolute atomic E-state index is 12.1. The summed E-state index contributed by atoms with van der Waals surface area (Å²) in [5.41, 5.74) is 2.82. The SMILES string of the molecule is CC[C@@H](NC(=O)C(=O)Nc1ccc(C)c(C)c1)c1ncc(C)s1. The molecule has 1 atom stereocenters.